The van der Waals surface area contributed by atoms with Gasteiger partial charge in [0.15, 0.2) is 5.82 Å². The lowest BCUT2D eigenvalue weighted by Crippen LogP contribution is -2.10. The summed E-state index contributed by atoms with van der Waals surface area (Å²) >= 11 is 0. The molecule has 0 saturated carbocycles. The summed E-state index contributed by atoms with van der Waals surface area (Å²) in [5.41, 5.74) is 4.05. The third-order valence-electron chi connectivity index (χ3n) is 2.69. The first-order chi connectivity index (χ1) is 9.45. The molecular formula is C11H10F2N4O3. The maximum Gasteiger partial charge on any atom is 0.305 e. The Bertz CT molecular complexity index is 659. The molecule has 1 aromatic heterocycles. The molecule has 0 saturated heterocycles. The van der Waals surface area contributed by atoms with E-state index in [4.69, 9.17) is 10.3 Å². The van der Waals surface area contributed by atoms with Crippen LogP contribution in [0.1, 0.15) is 25.2 Å². The standard InChI is InChI=1S/C11H10F2N4O3/c1-2-6(14)10-15-11(20-16-10)8-5(12)3-4-7(9(8)13)17(18)19/h3-4,6H,2,14H2,1H3. The van der Waals surface area contributed by atoms with Gasteiger partial charge in [0, 0.05) is 6.07 Å². The number of hydrogen-bond acceptors (Lipinski definition) is 6. The molecule has 0 aliphatic heterocycles. The van der Waals surface area contributed by atoms with Crippen molar-refractivity contribution >= 4 is 5.69 Å². The number of benzene rings is 1. The molecule has 106 valence electrons. The van der Waals surface area contributed by atoms with Gasteiger partial charge < -0.3 is 10.3 Å². The average molecular weight is 284 g/mol. The summed E-state index contributed by atoms with van der Waals surface area (Å²) in [6, 6.07) is 0.945. The first-order valence-electron chi connectivity index (χ1n) is 5.67. The largest absolute Gasteiger partial charge is 0.334 e. The van der Waals surface area contributed by atoms with E-state index in [9.17, 15) is 18.9 Å². The van der Waals surface area contributed by atoms with Crippen LogP contribution in [0.15, 0.2) is 16.7 Å². The molecule has 0 radical (unpaired) electrons. The van der Waals surface area contributed by atoms with Crippen molar-refractivity contribution in [3.05, 3.63) is 39.7 Å². The lowest BCUT2D eigenvalue weighted by Gasteiger charge is -2.01. The molecule has 0 spiro atoms. The Morgan fingerprint density at radius 2 is 2.20 bits per heavy atom. The maximum absolute atomic E-state index is 13.9. The predicted molar refractivity (Wildman–Crippen MR) is 63.5 cm³/mol. The average Bonchev–Trinajstić information content (AvgIpc) is 2.87. The summed E-state index contributed by atoms with van der Waals surface area (Å²) in [5.74, 6) is -2.81. The van der Waals surface area contributed by atoms with Crippen molar-refractivity contribution in [2.24, 2.45) is 5.73 Å². The van der Waals surface area contributed by atoms with E-state index < -0.39 is 39.7 Å². The fourth-order valence-electron chi connectivity index (χ4n) is 1.55. The van der Waals surface area contributed by atoms with Gasteiger partial charge in [-0.3, -0.25) is 10.1 Å². The quantitative estimate of drug-likeness (QED) is 0.681. The van der Waals surface area contributed by atoms with Gasteiger partial charge in [0.2, 0.25) is 5.82 Å². The van der Waals surface area contributed by atoms with E-state index in [2.05, 4.69) is 10.1 Å². The Labute approximate surface area is 111 Å². The number of nitrogens with zero attached hydrogens (tertiary/aromatic N) is 3. The fraction of sp³-hybridized carbons (Fsp3) is 0.273. The number of hydrogen-bond donors (Lipinski definition) is 1. The molecule has 0 aliphatic rings. The van der Waals surface area contributed by atoms with E-state index in [-0.39, 0.29) is 5.82 Å². The summed E-state index contributed by atoms with van der Waals surface area (Å²) in [6.45, 7) is 1.77. The van der Waals surface area contributed by atoms with Crippen molar-refractivity contribution in [2.45, 2.75) is 19.4 Å². The monoisotopic (exact) mass is 284 g/mol. The molecule has 1 heterocycles. The second-order valence-electron chi connectivity index (χ2n) is 3.99. The minimum Gasteiger partial charge on any atom is -0.334 e. The molecule has 1 atom stereocenters. The summed E-state index contributed by atoms with van der Waals surface area (Å²) in [4.78, 5) is 13.4. The van der Waals surface area contributed by atoms with Crippen LogP contribution in [-0.2, 0) is 0 Å². The first kappa shape index (κ1) is 14.0. The zero-order valence-electron chi connectivity index (χ0n) is 10.3. The highest BCUT2D eigenvalue weighted by molar-refractivity contribution is 5.60. The number of nitro groups is 1. The molecule has 1 aromatic carbocycles. The summed E-state index contributed by atoms with van der Waals surface area (Å²) in [5, 5.41) is 14.1. The molecule has 9 heteroatoms. The lowest BCUT2D eigenvalue weighted by atomic mass is 10.1. The minimum atomic E-state index is -1.37. The van der Waals surface area contributed by atoms with E-state index in [1.165, 1.54) is 0 Å². The van der Waals surface area contributed by atoms with Gasteiger partial charge in [-0.2, -0.15) is 9.37 Å². The zero-order valence-corrected chi connectivity index (χ0v) is 10.3. The molecule has 2 rings (SSSR count). The van der Waals surface area contributed by atoms with Gasteiger partial charge in [-0.1, -0.05) is 12.1 Å². The zero-order chi connectivity index (χ0) is 14.9. The van der Waals surface area contributed by atoms with Gasteiger partial charge >= 0.3 is 5.69 Å². The van der Waals surface area contributed by atoms with Crippen molar-refractivity contribution in [3.8, 4) is 11.5 Å². The Morgan fingerprint density at radius 1 is 1.50 bits per heavy atom. The third-order valence-corrected chi connectivity index (χ3v) is 2.69. The van der Waals surface area contributed by atoms with E-state index >= 15 is 0 Å². The molecule has 1 unspecified atom stereocenters. The summed E-state index contributed by atoms with van der Waals surface area (Å²) in [6.07, 6.45) is 0.499. The van der Waals surface area contributed by atoms with E-state index in [1.807, 2.05) is 0 Å². The van der Waals surface area contributed by atoms with Crippen molar-refractivity contribution < 1.29 is 18.2 Å². The molecule has 20 heavy (non-hydrogen) atoms. The SMILES string of the molecule is CCC(N)c1noc(-c2c(F)ccc([N+](=O)[O-])c2F)n1. The van der Waals surface area contributed by atoms with Crippen molar-refractivity contribution in [1.29, 1.82) is 0 Å². The molecule has 0 aliphatic carbocycles. The second kappa shape index (κ2) is 5.29. The van der Waals surface area contributed by atoms with Crippen LogP contribution >= 0.6 is 0 Å². The lowest BCUT2D eigenvalue weighted by molar-refractivity contribution is -0.387. The van der Waals surface area contributed by atoms with Crippen LogP contribution in [0.2, 0.25) is 0 Å². The number of halogens is 2. The van der Waals surface area contributed by atoms with Gasteiger partial charge in [-0.15, -0.1) is 0 Å². The molecule has 0 fully saturated rings. The van der Waals surface area contributed by atoms with Crippen LogP contribution in [-0.4, -0.2) is 15.1 Å². The highest BCUT2D eigenvalue weighted by Gasteiger charge is 2.27. The summed E-state index contributed by atoms with van der Waals surface area (Å²) in [7, 11) is 0. The predicted octanol–water partition coefficient (Wildman–Crippen LogP) is 2.33. The number of nitrogens with two attached hydrogens (primary N) is 1. The smallest absolute Gasteiger partial charge is 0.305 e. The summed E-state index contributed by atoms with van der Waals surface area (Å²) < 4.78 is 32.3. The first-order valence-corrected chi connectivity index (χ1v) is 5.67. The molecule has 2 aromatic rings. The molecule has 2 N–H and O–H groups in total. The van der Waals surface area contributed by atoms with Crippen LogP contribution in [0.3, 0.4) is 0 Å². The van der Waals surface area contributed by atoms with Gasteiger partial charge in [0.25, 0.3) is 5.89 Å². The highest BCUT2D eigenvalue weighted by atomic mass is 19.1. The van der Waals surface area contributed by atoms with Crippen molar-refractivity contribution in [3.63, 3.8) is 0 Å². The van der Waals surface area contributed by atoms with E-state index in [0.717, 1.165) is 12.1 Å². The van der Waals surface area contributed by atoms with Crippen LogP contribution in [0.5, 0.6) is 0 Å². The fourth-order valence-corrected chi connectivity index (χ4v) is 1.55. The second-order valence-corrected chi connectivity index (χ2v) is 3.99. The molecular weight excluding hydrogens is 274 g/mol. The number of aromatic nitrogens is 2. The van der Waals surface area contributed by atoms with E-state index in [1.54, 1.807) is 6.92 Å². The maximum atomic E-state index is 13.9. The molecule has 7 nitrogen and oxygen atoms in total. The van der Waals surface area contributed by atoms with Gasteiger partial charge in [0.1, 0.15) is 11.4 Å². The normalized spacial score (nSPS) is 12.4. The van der Waals surface area contributed by atoms with Crippen LogP contribution in [0.25, 0.3) is 11.5 Å². The van der Waals surface area contributed by atoms with Crippen LogP contribution in [0.4, 0.5) is 14.5 Å². The topological polar surface area (TPSA) is 108 Å². The van der Waals surface area contributed by atoms with Gasteiger partial charge in [-0.05, 0) is 12.5 Å². The van der Waals surface area contributed by atoms with E-state index in [0.29, 0.717) is 6.42 Å². The number of nitro benzene ring substituents is 1. The Hall–Kier alpha value is -2.42. The minimum absolute atomic E-state index is 0.0767. The third kappa shape index (κ3) is 2.35. The highest BCUT2D eigenvalue weighted by Crippen LogP contribution is 2.31. The van der Waals surface area contributed by atoms with Crippen molar-refractivity contribution in [2.75, 3.05) is 0 Å². The molecule has 0 amide bonds. The molecule has 0 bridgehead atoms. The van der Waals surface area contributed by atoms with Crippen LogP contribution < -0.4 is 5.73 Å². The Kier molecular flexibility index (Phi) is 3.70. The van der Waals surface area contributed by atoms with Crippen LogP contribution in [0, 0.1) is 21.7 Å². The van der Waals surface area contributed by atoms with Gasteiger partial charge in [0.05, 0.1) is 11.0 Å². The van der Waals surface area contributed by atoms with Gasteiger partial charge in [-0.25, -0.2) is 4.39 Å². The number of rotatable bonds is 4. The van der Waals surface area contributed by atoms with Crippen molar-refractivity contribution in [1.82, 2.24) is 10.1 Å². The Morgan fingerprint density at radius 3 is 2.80 bits per heavy atom. The Balaban J connectivity index is 2.55.